The van der Waals surface area contributed by atoms with E-state index < -0.39 is 0 Å². The highest BCUT2D eigenvalue weighted by molar-refractivity contribution is 5.83. The maximum atomic E-state index is 4.55. The molecule has 0 aliphatic carbocycles. The number of hydrogen-bond acceptors (Lipinski definition) is 2. The first kappa shape index (κ1) is 11.5. The zero-order valence-corrected chi connectivity index (χ0v) is 10.1. The van der Waals surface area contributed by atoms with Crippen molar-refractivity contribution in [1.29, 1.82) is 0 Å². The summed E-state index contributed by atoms with van der Waals surface area (Å²) in [7, 11) is 0. The van der Waals surface area contributed by atoms with Crippen molar-refractivity contribution in [3.8, 4) is 0 Å². The standard InChI is InChI=1S/C12H24N2/c1-5-6-11-13-8-10-14(11)9-7-12(2,3)4/h5-10H2,1-4H3. The molecule has 0 saturated carbocycles. The van der Waals surface area contributed by atoms with E-state index in [0.717, 1.165) is 19.5 Å². The molecule has 0 atom stereocenters. The maximum absolute atomic E-state index is 4.55. The summed E-state index contributed by atoms with van der Waals surface area (Å²) >= 11 is 0. The molecule has 82 valence electrons. The van der Waals surface area contributed by atoms with Gasteiger partial charge in [-0.2, -0.15) is 0 Å². The average Bonchev–Trinajstić information content (AvgIpc) is 2.48. The van der Waals surface area contributed by atoms with E-state index in [1.165, 1.54) is 25.2 Å². The molecule has 1 rings (SSSR count). The molecule has 0 aromatic rings. The molecule has 2 heteroatoms. The lowest BCUT2D eigenvalue weighted by Crippen LogP contribution is -2.30. The van der Waals surface area contributed by atoms with Gasteiger partial charge in [-0.05, 0) is 18.3 Å². The van der Waals surface area contributed by atoms with Gasteiger partial charge in [0, 0.05) is 19.5 Å². The third kappa shape index (κ3) is 3.69. The number of amidine groups is 1. The van der Waals surface area contributed by atoms with Crippen LogP contribution in [0, 0.1) is 5.41 Å². The van der Waals surface area contributed by atoms with E-state index >= 15 is 0 Å². The molecule has 14 heavy (non-hydrogen) atoms. The third-order valence-corrected chi connectivity index (χ3v) is 2.63. The monoisotopic (exact) mass is 196 g/mol. The Kier molecular flexibility index (Phi) is 3.97. The number of rotatable bonds is 4. The molecular formula is C12H24N2. The molecule has 1 aliphatic rings. The fourth-order valence-electron chi connectivity index (χ4n) is 1.70. The van der Waals surface area contributed by atoms with E-state index in [0.29, 0.717) is 5.41 Å². The van der Waals surface area contributed by atoms with E-state index in [2.05, 4.69) is 37.6 Å². The molecule has 0 amide bonds. The lowest BCUT2D eigenvalue weighted by Gasteiger charge is -2.25. The molecule has 0 N–H and O–H groups in total. The smallest absolute Gasteiger partial charge is 0.0990 e. The number of aliphatic imine (C=N–C) groups is 1. The molecule has 0 saturated heterocycles. The first-order chi connectivity index (χ1) is 6.53. The molecule has 2 nitrogen and oxygen atoms in total. The van der Waals surface area contributed by atoms with Gasteiger partial charge >= 0.3 is 0 Å². The second-order valence-corrected chi connectivity index (χ2v) is 5.35. The van der Waals surface area contributed by atoms with Crippen LogP contribution in [-0.2, 0) is 0 Å². The normalized spacial score (nSPS) is 17.4. The topological polar surface area (TPSA) is 15.6 Å². The van der Waals surface area contributed by atoms with Gasteiger partial charge in [-0.25, -0.2) is 0 Å². The molecule has 0 radical (unpaired) electrons. The van der Waals surface area contributed by atoms with Crippen molar-refractivity contribution in [3.63, 3.8) is 0 Å². The van der Waals surface area contributed by atoms with Gasteiger partial charge in [0.2, 0.25) is 0 Å². The third-order valence-electron chi connectivity index (χ3n) is 2.63. The second-order valence-electron chi connectivity index (χ2n) is 5.35. The molecule has 0 aromatic heterocycles. The van der Waals surface area contributed by atoms with Gasteiger partial charge in [0.05, 0.1) is 12.4 Å². The molecule has 0 unspecified atom stereocenters. The Hall–Kier alpha value is -0.530. The highest BCUT2D eigenvalue weighted by atomic mass is 15.2. The Labute approximate surface area is 88.4 Å². The summed E-state index contributed by atoms with van der Waals surface area (Å²) in [6, 6.07) is 0. The summed E-state index contributed by atoms with van der Waals surface area (Å²) in [6.07, 6.45) is 3.63. The molecule has 1 aliphatic heterocycles. The van der Waals surface area contributed by atoms with E-state index in [1.807, 2.05) is 0 Å². The van der Waals surface area contributed by atoms with Gasteiger partial charge in [-0.1, -0.05) is 27.7 Å². The van der Waals surface area contributed by atoms with E-state index in [-0.39, 0.29) is 0 Å². The summed E-state index contributed by atoms with van der Waals surface area (Å²) in [6.45, 7) is 12.5. The van der Waals surface area contributed by atoms with Crippen molar-refractivity contribution < 1.29 is 0 Å². The minimum Gasteiger partial charge on any atom is -0.358 e. The van der Waals surface area contributed by atoms with Crippen molar-refractivity contribution in [2.75, 3.05) is 19.6 Å². The summed E-state index contributed by atoms with van der Waals surface area (Å²) in [5.74, 6) is 1.34. The highest BCUT2D eigenvalue weighted by Crippen LogP contribution is 2.20. The highest BCUT2D eigenvalue weighted by Gasteiger charge is 2.18. The van der Waals surface area contributed by atoms with E-state index in [4.69, 9.17) is 0 Å². The van der Waals surface area contributed by atoms with Crippen molar-refractivity contribution in [2.45, 2.75) is 47.0 Å². The maximum Gasteiger partial charge on any atom is 0.0990 e. The van der Waals surface area contributed by atoms with Crippen LogP contribution in [0.25, 0.3) is 0 Å². The molecule has 0 aromatic carbocycles. The Bertz CT molecular complexity index is 201. The predicted molar refractivity (Wildman–Crippen MR) is 62.9 cm³/mol. The van der Waals surface area contributed by atoms with E-state index in [1.54, 1.807) is 0 Å². The fraction of sp³-hybridized carbons (Fsp3) is 0.917. The van der Waals surface area contributed by atoms with Crippen LogP contribution in [0.15, 0.2) is 4.99 Å². The quantitative estimate of drug-likeness (QED) is 0.675. The lowest BCUT2D eigenvalue weighted by molar-refractivity contribution is 0.315. The van der Waals surface area contributed by atoms with Crippen LogP contribution in [0.3, 0.4) is 0 Å². The molecule has 0 fully saturated rings. The summed E-state index contributed by atoms with van der Waals surface area (Å²) in [5.41, 5.74) is 0.444. The Balaban J connectivity index is 2.34. The van der Waals surface area contributed by atoms with Crippen LogP contribution in [0.4, 0.5) is 0 Å². The van der Waals surface area contributed by atoms with Crippen LogP contribution >= 0.6 is 0 Å². The number of nitrogens with zero attached hydrogens (tertiary/aromatic N) is 2. The van der Waals surface area contributed by atoms with Crippen molar-refractivity contribution in [3.05, 3.63) is 0 Å². The van der Waals surface area contributed by atoms with Gasteiger partial charge in [-0.3, -0.25) is 4.99 Å². The average molecular weight is 196 g/mol. The molecule has 1 heterocycles. The Morgan fingerprint density at radius 2 is 2.07 bits per heavy atom. The first-order valence-corrected chi connectivity index (χ1v) is 5.81. The predicted octanol–water partition coefficient (Wildman–Crippen LogP) is 2.94. The van der Waals surface area contributed by atoms with Crippen LogP contribution in [0.1, 0.15) is 47.0 Å². The number of hydrogen-bond donors (Lipinski definition) is 0. The van der Waals surface area contributed by atoms with Crippen molar-refractivity contribution in [2.24, 2.45) is 10.4 Å². The zero-order valence-electron chi connectivity index (χ0n) is 10.1. The van der Waals surface area contributed by atoms with Gasteiger partial charge in [0.15, 0.2) is 0 Å². The SMILES string of the molecule is CCCC1=NCCN1CCC(C)(C)C. The second kappa shape index (κ2) is 4.81. The lowest BCUT2D eigenvalue weighted by atomic mass is 9.92. The van der Waals surface area contributed by atoms with Crippen molar-refractivity contribution in [1.82, 2.24) is 4.90 Å². The van der Waals surface area contributed by atoms with Gasteiger partial charge in [-0.15, -0.1) is 0 Å². The first-order valence-electron chi connectivity index (χ1n) is 5.81. The summed E-state index contributed by atoms with van der Waals surface area (Å²) in [5, 5.41) is 0. The van der Waals surface area contributed by atoms with Crippen LogP contribution in [-0.4, -0.2) is 30.4 Å². The Morgan fingerprint density at radius 3 is 2.64 bits per heavy atom. The molecule has 0 bridgehead atoms. The minimum atomic E-state index is 0.444. The summed E-state index contributed by atoms with van der Waals surface area (Å²) in [4.78, 5) is 7.02. The van der Waals surface area contributed by atoms with E-state index in [9.17, 15) is 0 Å². The fourth-order valence-corrected chi connectivity index (χ4v) is 1.70. The van der Waals surface area contributed by atoms with Crippen molar-refractivity contribution >= 4 is 5.84 Å². The largest absolute Gasteiger partial charge is 0.358 e. The van der Waals surface area contributed by atoms with Gasteiger partial charge in [0.1, 0.15) is 0 Å². The van der Waals surface area contributed by atoms with Crippen LogP contribution < -0.4 is 0 Å². The van der Waals surface area contributed by atoms with Crippen LogP contribution in [0.2, 0.25) is 0 Å². The van der Waals surface area contributed by atoms with Gasteiger partial charge in [0.25, 0.3) is 0 Å². The molecular weight excluding hydrogens is 172 g/mol. The zero-order chi connectivity index (χ0) is 10.6. The summed E-state index contributed by atoms with van der Waals surface area (Å²) < 4.78 is 0. The van der Waals surface area contributed by atoms with Gasteiger partial charge < -0.3 is 4.90 Å². The Morgan fingerprint density at radius 1 is 1.36 bits per heavy atom. The van der Waals surface area contributed by atoms with Crippen LogP contribution in [0.5, 0.6) is 0 Å². The minimum absolute atomic E-state index is 0.444. The molecule has 0 spiro atoms.